The van der Waals surface area contributed by atoms with Gasteiger partial charge in [-0.1, -0.05) is 24.4 Å². The summed E-state index contributed by atoms with van der Waals surface area (Å²) in [4.78, 5) is 23.8. The summed E-state index contributed by atoms with van der Waals surface area (Å²) in [5.74, 6) is 1.28. The Hall–Kier alpha value is -1.94. The van der Waals surface area contributed by atoms with E-state index in [1.165, 1.54) is 12.8 Å². The lowest BCUT2D eigenvalue weighted by Gasteiger charge is -2.30. The first kappa shape index (κ1) is 15.6. The Bertz CT molecular complexity index is 754. The first-order chi connectivity index (χ1) is 11.7. The van der Waals surface area contributed by atoms with Crippen molar-refractivity contribution in [2.75, 3.05) is 6.54 Å². The third-order valence-electron chi connectivity index (χ3n) is 5.05. The van der Waals surface area contributed by atoms with Gasteiger partial charge in [-0.3, -0.25) is 4.79 Å². The summed E-state index contributed by atoms with van der Waals surface area (Å²) in [6, 6.07) is 7.56. The van der Waals surface area contributed by atoms with Crippen molar-refractivity contribution in [3.63, 3.8) is 0 Å². The van der Waals surface area contributed by atoms with Crippen LogP contribution in [0.3, 0.4) is 0 Å². The van der Waals surface area contributed by atoms with Gasteiger partial charge in [0.25, 0.3) is 0 Å². The van der Waals surface area contributed by atoms with Gasteiger partial charge in [0.2, 0.25) is 5.91 Å². The van der Waals surface area contributed by atoms with Crippen molar-refractivity contribution >= 4 is 17.5 Å². The Morgan fingerprint density at radius 3 is 2.67 bits per heavy atom. The number of amides is 1. The molecule has 24 heavy (non-hydrogen) atoms. The lowest BCUT2D eigenvalue weighted by Crippen LogP contribution is -2.39. The summed E-state index contributed by atoms with van der Waals surface area (Å²) in [6.07, 6.45) is 7.16. The van der Waals surface area contributed by atoms with Crippen molar-refractivity contribution < 1.29 is 4.79 Å². The van der Waals surface area contributed by atoms with Crippen LogP contribution in [0.25, 0.3) is 11.4 Å². The molecule has 2 heterocycles. The zero-order valence-electron chi connectivity index (χ0n) is 13.5. The van der Waals surface area contributed by atoms with Gasteiger partial charge in [-0.05, 0) is 37.1 Å². The maximum absolute atomic E-state index is 12.6. The monoisotopic (exact) mass is 341 g/mol. The zero-order chi connectivity index (χ0) is 16.5. The number of rotatable bonds is 2. The topological polar surface area (TPSA) is 46.1 Å². The number of nitrogens with zero attached hydrogens (tertiary/aromatic N) is 3. The molecule has 1 saturated carbocycles. The Labute approximate surface area is 146 Å². The Kier molecular flexibility index (Phi) is 4.23. The molecule has 0 spiro atoms. The fraction of sp³-hybridized carbons (Fsp3) is 0.421. The molecule has 1 aromatic heterocycles. The normalized spacial score (nSPS) is 17.8. The first-order valence-corrected chi connectivity index (χ1v) is 8.98. The van der Waals surface area contributed by atoms with Crippen LogP contribution in [0.1, 0.15) is 36.9 Å². The fourth-order valence-corrected chi connectivity index (χ4v) is 3.80. The average Bonchev–Trinajstić information content (AvgIpc) is 3.15. The number of carbonyl (C=O) groups is 1. The number of benzene rings is 1. The summed E-state index contributed by atoms with van der Waals surface area (Å²) < 4.78 is 0. The number of fused-ring (bicyclic) bond motifs is 1. The van der Waals surface area contributed by atoms with E-state index >= 15 is 0 Å². The van der Waals surface area contributed by atoms with Gasteiger partial charge in [-0.2, -0.15) is 0 Å². The molecule has 4 rings (SSSR count). The van der Waals surface area contributed by atoms with E-state index in [0.29, 0.717) is 17.5 Å². The standard InChI is InChI=1S/C19H20ClN3O/c20-16-7-5-13(6-8-16)18-21-11-15-12-23(10-9-17(15)22-18)19(24)14-3-1-2-4-14/h5-8,11,14H,1-4,9-10,12H2. The SMILES string of the molecule is O=C(C1CCCC1)N1CCc2nc(-c3ccc(Cl)cc3)ncc2C1. The maximum Gasteiger partial charge on any atom is 0.225 e. The summed E-state index contributed by atoms with van der Waals surface area (Å²) in [5.41, 5.74) is 3.10. The van der Waals surface area contributed by atoms with Crippen molar-refractivity contribution in [2.24, 2.45) is 5.92 Å². The number of halogens is 1. The van der Waals surface area contributed by atoms with E-state index in [-0.39, 0.29) is 5.92 Å². The highest BCUT2D eigenvalue weighted by Gasteiger charge is 2.29. The highest BCUT2D eigenvalue weighted by Crippen LogP contribution is 2.29. The van der Waals surface area contributed by atoms with Crippen LogP contribution >= 0.6 is 11.6 Å². The molecule has 2 aromatic rings. The molecule has 124 valence electrons. The van der Waals surface area contributed by atoms with Gasteiger partial charge < -0.3 is 4.90 Å². The van der Waals surface area contributed by atoms with Gasteiger partial charge in [0.1, 0.15) is 0 Å². The fourth-order valence-electron chi connectivity index (χ4n) is 3.67. The second-order valence-electron chi connectivity index (χ2n) is 6.66. The molecule has 1 amide bonds. The summed E-state index contributed by atoms with van der Waals surface area (Å²) in [5, 5.41) is 0.706. The average molecular weight is 342 g/mol. The lowest BCUT2D eigenvalue weighted by molar-refractivity contribution is -0.136. The van der Waals surface area contributed by atoms with Crippen molar-refractivity contribution in [1.82, 2.24) is 14.9 Å². The third kappa shape index (κ3) is 3.03. The molecule has 0 N–H and O–H groups in total. The highest BCUT2D eigenvalue weighted by atomic mass is 35.5. The minimum absolute atomic E-state index is 0.237. The minimum atomic E-state index is 0.237. The zero-order valence-corrected chi connectivity index (χ0v) is 14.3. The molecule has 1 aromatic carbocycles. The Morgan fingerprint density at radius 2 is 1.92 bits per heavy atom. The molecule has 1 fully saturated rings. The molecule has 0 unspecified atom stereocenters. The van der Waals surface area contributed by atoms with Crippen LogP contribution in [0.2, 0.25) is 5.02 Å². The molecule has 2 aliphatic rings. The van der Waals surface area contributed by atoms with E-state index in [2.05, 4.69) is 4.98 Å². The second kappa shape index (κ2) is 6.52. The van der Waals surface area contributed by atoms with E-state index in [0.717, 1.165) is 48.5 Å². The van der Waals surface area contributed by atoms with Gasteiger partial charge >= 0.3 is 0 Å². The summed E-state index contributed by atoms with van der Waals surface area (Å²) in [7, 11) is 0. The van der Waals surface area contributed by atoms with Gasteiger partial charge in [-0.25, -0.2) is 9.97 Å². The minimum Gasteiger partial charge on any atom is -0.338 e. The Balaban J connectivity index is 1.53. The molecule has 0 bridgehead atoms. The van der Waals surface area contributed by atoms with Gasteiger partial charge in [-0.15, -0.1) is 0 Å². The molecular formula is C19H20ClN3O. The number of hydrogen-bond acceptors (Lipinski definition) is 3. The summed E-state index contributed by atoms with van der Waals surface area (Å²) >= 11 is 5.94. The molecule has 0 saturated heterocycles. The van der Waals surface area contributed by atoms with Crippen molar-refractivity contribution in [3.8, 4) is 11.4 Å². The van der Waals surface area contributed by atoms with E-state index in [9.17, 15) is 4.79 Å². The molecule has 1 aliphatic carbocycles. The van der Waals surface area contributed by atoms with E-state index in [1.54, 1.807) is 0 Å². The van der Waals surface area contributed by atoms with Crippen LogP contribution in [0, 0.1) is 5.92 Å². The smallest absolute Gasteiger partial charge is 0.225 e. The van der Waals surface area contributed by atoms with Gasteiger partial charge in [0, 0.05) is 47.8 Å². The summed E-state index contributed by atoms with van der Waals surface area (Å²) in [6.45, 7) is 1.41. The van der Waals surface area contributed by atoms with E-state index in [4.69, 9.17) is 16.6 Å². The van der Waals surface area contributed by atoms with Crippen molar-refractivity contribution in [1.29, 1.82) is 0 Å². The van der Waals surface area contributed by atoms with Crippen LogP contribution in [-0.4, -0.2) is 27.3 Å². The largest absolute Gasteiger partial charge is 0.338 e. The van der Waals surface area contributed by atoms with Crippen LogP contribution in [0.4, 0.5) is 0 Å². The second-order valence-corrected chi connectivity index (χ2v) is 7.10. The van der Waals surface area contributed by atoms with Crippen molar-refractivity contribution in [3.05, 3.63) is 46.7 Å². The Morgan fingerprint density at radius 1 is 1.17 bits per heavy atom. The van der Waals surface area contributed by atoms with Crippen molar-refractivity contribution in [2.45, 2.75) is 38.6 Å². The number of aromatic nitrogens is 2. The molecule has 1 aliphatic heterocycles. The van der Waals surface area contributed by atoms with Gasteiger partial charge in [0.15, 0.2) is 5.82 Å². The maximum atomic E-state index is 12.6. The predicted octanol–water partition coefficient (Wildman–Crippen LogP) is 3.87. The molecule has 4 nitrogen and oxygen atoms in total. The van der Waals surface area contributed by atoms with Crippen LogP contribution < -0.4 is 0 Å². The van der Waals surface area contributed by atoms with Crippen LogP contribution in [0.15, 0.2) is 30.5 Å². The predicted molar refractivity (Wildman–Crippen MR) is 93.6 cm³/mol. The van der Waals surface area contributed by atoms with E-state index in [1.807, 2.05) is 35.4 Å². The van der Waals surface area contributed by atoms with Gasteiger partial charge in [0.05, 0.1) is 5.69 Å². The molecule has 0 radical (unpaired) electrons. The first-order valence-electron chi connectivity index (χ1n) is 8.60. The third-order valence-corrected chi connectivity index (χ3v) is 5.30. The lowest BCUT2D eigenvalue weighted by atomic mass is 10.0. The van der Waals surface area contributed by atoms with E-state index < -0.39 is 0 Å². The van der Waals surface area contributed by atoms with Crippen LogP contribution in [0.5, 0.6) is 0 Å². The molecular weight excluding hydrogens is 322 g/mol. The molecule has 0 atom stereocenters. The number of hydrogen-bond donors (Lipinski definition) is 0. The quantitative estimate of drug-likeness (QED) is 0.833. The number of carbonyl (C=O) groups excluding carboxylic acids is 1. The van der Waals surface area contributed by atoms with Crippen LogP contribution in [-0.2, 0) is 17.8 Å². The molecule has 5 heteroatoms. The highest BCUT2D eigenvalue weighted by molar-refractivity contribution is 6.30.